The molecular weight excluding hydrogens is 442 g/mol. The monoisotopic (exact) mass is 475 g/mol. The van der Waals surface area contributed by atoms with Crippen LogP contribution in [0, 0.1) is 5.92 Å². The van der Waals surface area contributed by atoms with Crippen LogP contribution in [0.5, 0.6) is 5.75 Å². The van der Waals surface area contributed by atoms with E-state index in [1.54, 1.807) is 24.1 Å². The molecule has 3 aliphatic rings. The van der Waals surface area contributed by atoms with Crippen LogP contribution in [0.15, 0.2) is 54.6 Å². The molecule has 1 saturated carbocycles. The van der Waals surface area contributed by atoms with E-state index in [0.717, 1.165) is 25.7 Å². The van der Waals surface area contributed by atoms with E-state index >= 15 is 0 Å². The van der Waals surface area contributed by atoms with Crippen molar-refractivity contribution in [1.82, 2.24) is 14.7 Å². The highest BCUT2D eigenvalue weighted by Gasteiger charge is 2.48. The minimum absolute atomic E-state index is 0.0251. The summed E-state index contributed by atoms with van der Waals surface area (Å²) in [6, 6.07) is 16.2. The number of likely N-dealkylation sites (tertiary alicyclic amines) is 1. The molecule has 3 atom stereocenters. The lowest BCUT2D eigenvalue weighted by Crippen LogP contribution is -2.56. The second-order valence-electron chi connectivity index (χ2n) is 9.79. The molecule has 2 aromatic carbocycles. The first-order valence-electron chi connectivity index (χ1n) is 12.7. The zero-order valence-electron chi connectivity index (χ0n) is 20.3. The molecule has 7 heteroatoms. The van der Waals surface area contributed by atoms with Crippen LogP contribution in [0.2, 0.25) is 0 Å². The van der Waals surface area contributed by atoms with Gasteiger partial charge in [0, 0.05) is 43.3 Å². The summed E-state index contributed by atoms with van der Waals surface area (Å²) in [7, 11) is 1.58. The highest BCUT2D eigenvalue weighted by molar-refractivity contribution is 5.98. The van der Waals surface area contributed by atoms with Crippen LogP contribution in [-0.4, -0.2) is 77.8 Å². The maximum Gasteiger partial charge on any atom is 0.254 e. The van der Waals surface area contributed by atoms with Crippen LogP contribution < -0.4 is 4.74 Å². The van der Waals surface area contributed by atoms with Gasteiger partial charge in [-0.1, -0.05) is 37.1 Å². The van der Waals surface area contributed by atoms with E-state index in [2.05, 4.69) is 0 Å². The highest BCUT2D eigenvalue weighted by Crippen LogP contribution is 2.41. The molecule has 0 N–H and O–H groups in total. The summed E-state index contributed by atoms with van der Waals surface area (Å²) >= 11 is 0. The lowest BCUT2D eigenvalue weighted by molar-refractivity contribution is -0.137. The molecule has 2 saturated heterocycles. The SMILES string of the molecule is COc1cccc(C(=O)N2CCN(C(=O)C3CC4CCCCC4N3C(=O)c3ccccc3)CC2)c1. The van der Waals surface area contributed by atoms with Crippen molar-refractivity contribution in [3.8, 4) is 5.75 Å². The summed E-state index contributed by atoms with van der Waals surface area (Å²) in [5.41, 5.74) is 1.23. The number of methoxy groups -OCH3 is 1. The zero-order valence-corrected chi connectivity index (χ0v) is 20.3. The summed E-state index contributed by atoms with van der Waals surface area (Å²) < 4.78 is 5.24. The van der Waals surface area contributed by atoms with Gasteiger partial charge in [-0.05, 0) is 55.5 Å². The number of carbonyl (C=O) groups excluding carboxylic acids is 3. The number of rotatable bonds is 4. The molecular formula is C28H33N3O4. The first-order valence-corrected chi connectivity index (χ1v) is 12.7. The van der Waals surface area contributed by atoms with E-state index in [-0.39, 0.29) is 23.8 Å². The highest BCUT2D eigenvalue weighted by atomic mass is 16.5. The quantitative estimate of drug-likeness (QED) is 0.679. The Labute approximate surface area is 206 Å². The Balaban J connectivity index is 1.28. The normalized spacial score (nSPS) is 24.1. The van der Waals surface area contributed by atoms with Gasteiger partial charge in [-0.2, -0.15) is 0 Å². The van der Waals surface area contributed by atoms with E-state index in [1.807, 2.05) is 52.3 Å². The number of carbonyl (C=O) groups is 3. The Morgan fingerprint density at radius 3 is 2.23 bits per heavy atom. The molecule has 3 unspecified atom stereocenters. The summed E-state index contributed by atoms with van der Waals surface area (Å²) in [5.74, 6) is 0.975. The molecule has 184 valence electrons. The minimum atomic E-state index is -0.420. The van der Waals surface area contributed by atoms with Gasteiger partial charge >= 0.3 is 0 Å². The van der Waals surface area contributed by atoms with Crippen molar-refractivity contribution in [1.29, 1.82) is 0 Å². The van der Waals surface area contributed by atoms with Gasteiger partial charge in [0.25, 0.3) is 11.8 Å². The first-order chi connectivity index (χ1) is 17.1. The van der Waals surface area contributed by atoms with Crippen LogP contribution >= 0.6 is 0 Å². The maximum atomic E-state index is 13.7. The van der Waals surface area contributed by atoms with Crippen LogP contribution in [0.1, 0.15) is 52.8 Å². The van der Waals surface area contributed by atoms with Crippen molar-refractivity contribution >= 4 is 17.7 Å². The topological polar surface area (TPSA) is 70.2 Å². The molecule has 1 aliphatic carbocycles. The van der Waals surface area contributed by atoms with Crippen molar-refractivity contribution in [3.63, 3.8) is 0 Å². The summed E-state index contributed by atoms with van der Waals surface area (Å²) in [6.07, 6.45) is 5.06. The van der Waals surface area contributed by atoms with Gasteiger partial charge < -0.3 is 19.4 Å². The predicted molar refractivity (Wildman–Crippen MR) is 132 cm³/mol. The minimum Gasteiger partial charge on any atom is -0.497 e. The van der Waals surface area contributed by atoms with E-state index in [9.17, 15) is 14.4 Å². The van der Waals surface area contributed by atoms with Crippen molar-refractivity contribution in [3.05, 3.63) is 65.7 Å². The fourth-order valence-electron chi connectivity index (χ4n) is 5.98. The Kier molecular flexibility index (Phi) is 6.75. The Hall–Kier alpha value is -3.35. The van der Waals surface area contributed by atoms with Crippen molar-refractivity contribution in [2.24, 2.45) is 5.92 Å². The standard InChI is InChI=1S/C28H33N3O4/c1-35-23-12-7-11-22(18-23)26(32)29-14-16-30(17-15-29)28(34)25-19-21-10-5-6-13-24(21)31(25)27(33)20-8-3-2-4-9-20/h2-4,7-9,11-12,18,21,24-25H,5-6,10,13-17,19H2,1H3. The number of nitrogens with zero attached hydrogens (tertiary/aromatic N) is 3. The molecule has 0 aromatic heterocycles. The maximum absolute atomic E-state index is 13.7. The second kappa shape index (κ2) is 10.1. The smallest absolute Gasteiger partial charge is 0.254 e. The fourth-order valence-corrected chi connectivity index (χ4v) is 5.98. The molecule has 2 heterocycles. The number of fused-ring (bicyclic) bond motifs is 1. The van der Waals surface area contributed by atoms with Crippen molar-refractivity contribution < 1.29 is 19.1 Å². The summed E-state index contributed by atoms with van der Waals surface area (Å²) in [6.45, 7) is 1.92. The average molecular weight is 476 g/mol. The van der Waals surface area contributed by atoms with Gasteiger partial charge in [-0.15, -0.1) is 0 Å². The number of ether oxygens (including phenoxy) is 1. The number of benzene rings is 2. The molecule has 7 nitrogen and oxygen atoms in total. The van der Waals surface area contributed by atoms with Gasteiger partial charge in [-0.3, -0.25) is 14.4 Å². The molecule has 2 aliphatic heterocycles. The Bertz CT molecular complexity index is 1080. The number of amides is 3. The van der Waals surface area contributed by atoms with Crippen LogP contribution in [0.4, 0.5) is 0 Å². The first kappa shape index (κ1) is 23.4. The third-order valence-corrected chi connectivity index (χ3v) is 7.82. The third-order valence-electron chi connectivity index (χ3n) is 7.82. The largest absolute Gasteiger partial charge is 0.497 e. The molecule has 5 rings (SSSR count). The molecule has 3 amide bonds. The second-order valence-corrected chi connectivity index (χ2v) is 9.79. The van der Waals surface area contributed by atoms with Gasteiger partial charge in [0.1, 0.15) is 11.8 Å². The molecule has 35 heavy (non-hydrogen) atoms. The van der Waals surface area contributed by atoms with Crippen molar-refractivity contribution in [2.45, 2.75) is 44.2 Å². The van der Waals surface area contributed by atoms with Gasteiger partial charge in [0.15, 0.2) is 0 Å². The number of hydrogen-bond donors (Lipinski definition) is 0. The molecule has 2 aromatic rings. The number of piperazine rings is 1. The van der Waals surface area contributed by atoms with E-state index in [4.69, 9.17) is 4.74 Å². The van der Waals surface area contributed by atoms with Gasteiger partial charge in [0.2, 0.25) is 5.91 Å². The average Bonchev–Trinajstić information content (AvgIpc) is 3.32. The molecule has 0 spiro atoms. The lowest BCUT2D eigenvalue weighted by atomic mass is 9.84. The van der Waals surface area contributed by atoms with E-state index in [0.29, 0.717) is 49.0 Å². The fraction of sp³-hybridized carbons (Fsp3) is 0.464. The van der Waals surface area contributed by atoms with Gasteiger partial charge in [-0.25, -0.2) is 0 Å². The summed E-state index contributed by atoms with van der Waals surface area (Å²) in [4.78, 5) is 45.8. The third kappa shape index (κ3) is 4.64. The molecule has 0 radical (unpaired) electrons. The van der Waals surface area contributed by atoms with E-state index < -0.39 is 6.04 Å². The van der Waals surface area contributed by atoms with E-state index in [1.165, 1.54) is 6.42 Å². The Morgan fingerprint density at radius 1 is 0.800 bits per heavy atom. The van der Waals surface area contributed by atoms with Crippen LogP contribution in [0.25, 0.3) is 0 Å². The Morgan fingerprint density at radius 2 is 1.49 bits per heavy atom. The lowest BCUT2D eigenvalue weighted by Gasteiger charge is -2.38. The number of hydrogen-bond acceptors (Lipinski definition) is 4. The van der Waals surface area contributed by atoms with Crippen LogP contribution in [0.3, 0.4) is 0 Å². The summed E-state index contributed by atoms with van der Waals surface area (Å²) in [5, 5.41) is 0. The zero-order chi connectivity index (χ0) is 24.4. The van der Waals surface area contributed by atoms with Crippen LogP contribution in [-0.2, 0) is 4.79 Å². The predicted octanol–water partition coefficient (Wildman–Crippen LogP) is 3.45. The van der Waals surface area contributed by atoms with Crippen molar-refractivity contribution in [2.75, 3.05) is 33.3 Å². The molecule has 3 fully saturated rings. The molecule has 0 bridgehead atoms. The van der Waals surface area contributed by atoms with Gasteiger partial charge in [0.05, 0.1) is 7.11 Å².